The molecule has 0 aromatic heterocycles. The Bertz CT molecular complexity index is 674. The predicted molar refractivity (Wildman–Crippen MR) is 91.0 cm³/mol. The van der Waals surface area contributed by atoms with Crippen molar-refractivity contribution < 1.29 is 18.7 Å². The molecule has 0 unspecified atom stereocenters. The number of hydrogen-bond acceptors (Lipinski definition) is 3. The molecule has 0 atom stereocenters. The number of halogens is 1. The van der Waals surface area contributed by atoms with Gasteiger partial charge in [-0.05, 0) is 43.7 Å². The first-order valence-electron chi connectivity index (χ1n) is 7.81. The second-order valence-corrected chi connectivity index (χ2v) is 4.96. The van der Waals surface area contributed by atoms with E-state index in [9.17, 15) is 9.18 Å². The number of benzene rings is 2. The van der Waals surface area contributed by atoms with Gasteiger partial charge in [-0.2, -0.15) is 0 Å². The van der Waals surface area contributed by atoms with E-state index < -0.39 is 0 Å². The minimum absolute atomic E-state index is 0.305. The third-order valence-electron chi connectivity index (χ3n) is 3.17. The summed E-state index contributed by atoms with van der Waals surface area (Å²) in [6, 6.07) is 10.8. The van der Waals surface area contributed by atoms with Crippen LogP contribution in [0.3, 0.4) is 0 Å². The van der Waals surface area contributed by atoms with Crippen LogP contribution < -0.4 is 20.1 Å². The molecule has 0 bridgehead atoms. The van der Waals surface area contributed by atoms with Crippen molar-refractivity contribution in [3.05, 3.63) is 53.8 Å². The molecule has 24 heavy (non-hydrogen) atoms. The summed E-state index contributed by atoms with van der Waals surface area (Å²) in [5.74, 6) is 0.911. The van der Waals surface area contributed by atoms with Crippen LogP contribution in [-0.2, 0) is 6.54 Å². The molecule has 2 rings (SSSR count). The van der Waals surface area contributed by atoms with Gasteiger partial charge in [0.1, 0.15) is 5.82 Å². The van der Waals surface area contributed by atoms with Gasteiger partial charge in [-0.15, -0.1) is 0 Å². The van der Waals surface area contributed by atoms with Crippen LogP contribution >= 0.6 is 0 Å². The van der Waals surface area contributed by atoms with E-state index in [0.717, 1.165) is 5.56 Å². The summed E-state index contributed by atoms with van der Waals surface area (Å²) in [5.41, 5.74) is 1.41. The molecule has 2 aromatic carbocycles. The molecule has 0 aliphatic carbocycles. The molecule has 0 fully saturated rings. The van der Waals surface area contributed by atoms with E-state index >= 15 is 0 Å². The number of rotatable bonds is 7. The number of anilines is 1. The molecule has 128 valence electrons. The quantitative estimate of drug-likeness (QED) is 0.807. The average Bonchev–Trinajstić information content (AvgIpc) is 2.57. The van der Waals surface area contributed by atoms with Crippen LogP contribution in [0.15, 0.2) is 42.5 Å². The van der Waals surface area contributed by atoms with Gasteiger partial charge in [0, 0.05) is 18.3 Å². The van der Waals surface area contributed by atoms with Gasteiger partial charge in [0.05, 0.1) is 13.2 Å². The molecule has 0 spiro atoms. The van der Waals surface area contributed by atoms with Gasteiger partial charge in [-0.25, -0.2) is 9.18 Å². The Balaban J connectivity index is 1.95. The molecular weight excluding hydrogens is 311 g/mol. The molecule has 6 heteroatoms. The lowest BCUT2D eigenvalue weighted by Crippen LogP contribution is -2.28. The fourth-order valence-electron chi connectivity index (χ4n) is 2.09. The first-order valence-corrected chi connectivity index (χ1v) is 7.81. The number of amides is 2. The Morgan fingerprint density at radius 3 is 2.33 bits per heavy atom. The fourth-order valence-corrected chi connectivity index (χ4v) is 2.09. The van der Waals surface area contributed by atoms with E-state index in [2.05, 4.69) is 10.6 Å². The van der Waals surface area contributed by atoms with Crippen molar-refractivity contribution in [2.75, 3.05) is 18.5 Å². The second-order valence-electron chi connectivity index (χ2n) is 4.96. The van der Waals surface area contributed by atoms with E-state index in [1.807, 2.05) is 13.8 Å². The third kappa shape index (κ3) is 5.15. The zero-order valence-corrected chi connectivity index (χ0v) is 13.8. The predicted octanol–water partition coefficient (Wildman–Crippen LogP) is 3.94. The molecule has 0 radical (unpaired) electrons. The SMILES string of the molecule is CCOc1ccc(NC(=O)NCc2ccc(F)cc2)cc1OCC. The molecule has 0 aliphatic rings. The lowest BCUT2D eigenvalue weighted by molar-refractivity contribution is 0.251. The van der Waals surface area contributed by atoms with Gasteiger partial charge in [0.15, 0.2) is 11.5 Å². The third-order valence-corrected chi connectivity index (χ3v) is 3.17. The van der Waals surface area contributed by atoms with Crippen LogP contribution in [0.25, 0.3) is 0 Å². The van der Waals surface area contributed by atoms with E-state index in [4.69, 9.17) is 9.47 Å². The number of nitrogens with one attached hydrogen (secondary N) is 2. The van der Waals surface area contributed by atoms with Gasteiger partial charge in [0.2, 0.25) is 0 Å². The van der Waals surface area contributed by atoms with Crippen molar-refractivity contribution in [2.45, 2.75) is 20.4 Å². The topological polar surface area (TPSA) is 59.6 Å². The zero-order valence-electron chi connectivity index (χ0n) is 13.8. The number of hydrogen-bond donors (Lipinski definition) is 2. The van der Waals surface area contributed by atoms with Crippen LogP contribution in [0.5, 0.6) is 11.5 Å². The van der Waals surface area contributed by atoms with Gasteiger partial charge in [-0.1, -0.05) is 12.1 Å². The largest absolute Gasteiger partial charge is 0.490 e. The van der Waals surface area contributed by atoms with Gasteiger partial charge in [0.25, 0.3) is 0 Å². The number of ether oxygens (including phenoxy) is 2. The Hall–Kier alpha value is -2.76. The number of urea groups is 1. The highest BCUT2D eigenvalue weighted by atomic mass is 19.1. The number of carbonyl (C=O) groups is 1. The second kappa shape index (κ2) is 8.76. The molecule has 2 amide bonds. The Morgan fingerprint density at radius 1 is 1.00 bits per heavy atom. The molecule has 0 heterocycles. The Labute approximate surface area is 140 Å². The van der Waals surface area contributed by atoms with E-state index in [1.165, 1.54) is 12.1 Å². The molecule has 0 saturated heterocycles. The van der Waals surface area contributed by atoms with Crippen molar-refractivity contribution >= 4 is 11.7 Å². The normalized spacial score (nSPS) is 10.1. The van der Waals surface area contributed by atoms with Crippen molar-refractivity contribution in [2.24, 2.45) is 0 Å². The lowest BCUT2D eigenvalue weighted by atomic mass is 10.2. The van der Waals surface area contributed by atoms with E-state index in [-0.39, 0.29) is 11.8 Å². The minimum Gasteiger partial charge on any atom is -0.490 e. The van der Waals surface area contributed by atoms with Crippen LogP contribution in [0.4, 0.5) is 14.9 Å². The minimum atomic E-state index is -0.356. The summed E-state index contributed by atoms with van der Waals surface area (Å²) >= 11 is 0. The Kier molecular flexibility index (Phi) is 6.42. The molecule has 0 aliphatic heterocycles. The molecule has 0 saturated carbocycles. The zero-order chi connectivity index (χ0) is 17.4. The maximum atomic E-state index is 12.8. The molecule has 2 aromatic rings. The summed E-state index contributed by atoms with van der Waals surface area (Å²) in [5, 5.41) is 5.45. The Morgan fingerprint density at radius 2 is 1.67 bits per heavy atom. The smallest absolute Gasteiger partial charge is 0.319 e. The van der Waals surface area contributed by atoms with Crippen LogP contribution in [0.1, 0.15) is 19.4 Å². The van der Waals surface area contributed by atoms with E-state index in [0.29, 0.717) is 36.9 Å². The summed E-state index contributed by atoms with van der Waals surface area (Å²) < 4.78 is 23.8. The maximum Gasteiger partial charge on any atom is 0.319 e. The van der Waals surface area contributed by atoms with E-state index in [1.54, 1.807) is 30.3 Å². The highest BCUT2D eigenvalue weighted by Crippen LogP contribution is 2.30. The summed E-state index contributed by atoms with van der Waals surface area (Å²) in [6.07, 6.45) is 0. The first-order chi connectivity index (χ1) is 11.6. The standard InChI is InChI=1S/C18H21FN2O3/c1-3-23-16-10-9-15(11-17(16)24-4-2)21-18(22)20-12-13-5-7-14(19)8-6-13/h5-11H,3-4,12H2,1-2H3,(H2,20,21,22). The highest BCUT2D eigenvalue weighted by molar-refractivity contribution is 5.89. The van der Waals surface area contributed by atoms with Crippen molar-refractivity contribution in [3.8, 4) is 11.5 Å². The molecular formula is C18H21FN2O3. The fraction of sp³-hybridized carbons (Fsp3) is 0.278. The molecule has 2 N–H and O–H groups in total. The van der Waals surface area contributed by atoms with Gasteiger partial charge >= 0.3 is 6.03 Å². The summed E-state index contributed by atoms with van der Waals surface area (Å²) in [6.45, 7) is 5.11. The summed E-state index contributed by atoms with van der Waals surface area (Å²) in [4.78, 5) is 12.0. The van der Waals surface area contributed by atoms with Crippen LogP contribution in [0.2, 0.25) is 0 Å². The van der Waals surface area contributed by atoms with Crippen LogP contribution in [0, 0.1) is 5.82 Å². The monoisotopic (exact) mass is 332 g/mol. The number of carbonyl (C=O) groups excluding carboxylic acids is 1. The van der Waals surface area contributed by atoms with Crippen molar-refractivity contribution in [1.29, 1.82) is 0 Å². The maximum absolute atomic E-state index is 12.8. The van der Waals surface area contributed by atoms with Crippen LogP contribution in [-0.4, -0.2) is 19.2 Å². The highest BCUT2D eigenvalue weighted by Gasteiger charge is 2.08. The first kappa shape index (κ1) is 17.6. The molecule has 5 nitrogen and oxygen atoms in total. The van der Waals surface area contributed by atoms with Crippen molar-refractivity contribution in [3.63, 3.8) is 0 Å². The lowest BCUT2D eigenvalue weighted by Gasteiger charge is -2.13. The average molecular weight is 332 g/mol. The van der Waals surface area contributed by atoms with Gasteiger partial charge < -0.3 is 20.1 Å². The van der Waals surface area contributed by atoms with Gasteiger partial charge in [-0.3, -0.25) is 0 Å². The van der Waals surface area contributed by atoms with Crippen molar-refractivity contribution in [1.82, 2.24) is 5.32 Å². The summed E-state index contributed by atoms with van der Waals surface area (Å²) in [7, 11) is 0.